The molecule has 0 radical (unpaired) electrons. The maximum atomic E-state index is 13.2. The first kappa shape index (κ1) is 29.5. The van der Waals surface area contributed by atoms with E-state index in [0.29, 0.717) is 12.1 Å². The summed E-state index contributed by atoms with van der Waals surface area (Å²) in [6, 6.07) is 4.88. The van der Waals surface area contributed by atoms with Gasteiger partial charge >= 0.3 is 5.97 Å². The molecule has 1 aromatic carbocycles. The number of nitrogens with zero attached hydrogens (tertiary/aromatic N) is 1. The molecule has 202 valence electrons. The molecule has 1 aromatic heterocycles. The van der Waals surface area contributed by atoms with Crippen molar-refractivity contribution < 1.29 is 24.3 Å². The van der Waals surface area contributed by atoms with E-state index in [1.807, 2.05) is 19.9 Å². The fourth-order valence-electron chi connectivity index (χ4n) is 3.82. The van der Waals surface area contributed by atoms with E-state index in [4.69, 9.17) is 5.73 Å². The van der Waals surface area contributed by atoms with E-state index in [0.717, 1.165) is 5.56 Å². The minimum absolute atomic E-state index is 0.0425. The molecule has 0 fully saturated rings. The summed E-state index contributed by atoms with van der Waals surface area (Å²) in [5, 5.41) is 17.6. The van der Waals surface area contributed by atoms with Crippen molar-refractivity contribution in [3.05, 3.63) is 54.1 Å². The van der Waals surface area contributed by atoms with E-state index in [9.17, 15) is 24.3 Å². The average Bonchev–Trinajstić information content (AvgIpc) is 3.34. The second kappa shape index (κ2) is 14.1. The Hall–Kier alpha value is -3.73. The number of benzene rings is 1. The predicted octanol–water partition coefficient (Wildman–Crippen LogP) is 0.763. The predicted molar refractivity (Wildman–Crippen MR) is 138 cm³/mol. The van der Waals surface area contributed by atoms with Gasteiger partial charge in [-0.3, -0.25) is 14.4 Å². The van der Waals surface area contributed by atoms with Crippen molar-refractivity contribution in [2.75, 3.05) is 0 Å². The van der Waals surface area contributed by atoms with E-state index in [-0.39, 0.29) is 24.7 Å². The Morgan fingerprint density at radius 3 is 2.11 bits per heavy atom. The van der Waals surface area contributed by atoms with Crippen LogP contribution in [0.2, 0.25) is 0 Å². The summed E-state index contributed by atoms with van der Waals surface area (Å²) >= 11 is 0. The Morgan fingerprint density at radius 2 is 1.57 bits per heavy atom. The van der Waals surface area contributed by atoms with Gasteiger partial charge in [-0.1, -0.05) is 58.0 Å². The second-order valence-electron chi connectivity index (χ2n) is 9.90. The van der Waals surface area contributed by atoms with Crippen LogP contribution in [0.25, 0.3) is 0 Å². The number of carboxylic acid groups (broad SMARTS) is 1. The van der Waals surface area contributed by atoms with Gasteiger partial charge < -0.3 is 31.8 Å². The molecule has 4 atom stereocenters. The number of nitrogens with one attached hydrogen (secondary N) is 4. The number of amides is 3. The second-order valence-corrected chi connectivity index (χ2v) is 9.90. The number of H-pyrrole nitrogens is 1. The largest absolute Gasteiger partial charge is 0.480 e. The van der Waals surface area contributed by atoms with Crippen LogP contribution in [0.15, 0.2) is 42.9 Å². The summed E-state index contributed by atoms with van der Waals surface area (Å²) in [4.78, 5) is 57.8. The van der Waals surface area contributed by atoms with Gasteiger partial charge in [-0.15, -0.1) is 0 Å². The Kier molecular flexibility index (Phi) is 11.3. The molecule has 7 N–H and O–H groups in total. The molecule has 0 spiro atoms. The van der Waals surface area contributed by atoms with Crippen molar-refractivity contribution >= 4 is 23.7 Å². The van der Waals surface area contributed by atoms with E-state index >= 15 is 0 Å². The van der Waals surface area contributed by atoms with Crippen LogP contribution in [0.3, 0.4) is 0 Å². The van der Waals surface area contributed by atoms with E-state index in [1.165, 1.54) is 12.5 Å². The molecule has 37 heavy (non-hydrogen) atoms. The average molecular weight is 515 g/mol. The third-order valence-electron chi connectivity index (χ3n) is 5.82. The first-order chi connectivity index (χ1) is 17.5. The maximum absolute atomic E-state index is 13.2. The van der Waals surface area contributed by atoms with Gasteiger partial charge in [0.2, 0.25) is 17.7 Å². The highest BCUT2D eigenvalue weighted by Crippen LogP contribution is 2.09. The number of aliphatic carboxylic acids is 1. The number of nitrogens with two attached hydrogens (primary N) is 1. The lowest BCUT2D eigenvalue weighted by atomic mass is 9.99. The molecule has 0 aliphatic heterocycles. The van der Waals surface area contributed by atoms with Crippen molar-refractivity contribution in [2.24, 2.45) is 17.6 Å². The molecular weight excluding hydrogens is 476 g/mol. The first-order valence-electron chi connectivity index (χ1n) is 12.4. The molecule has 2 rings (SSSR count). The van der Waals surface area contributed by atoms with Crippen molar-refractivity contribution in [3.63, 3.8) is 0 Å². The highest BCUT2D eigenvalue weighted by molar-refractivity contribution is 5.94. The van der Waals surface area contributed by atoms with Crippen molar-refractivity contribution in [2.45, 2.75) is 71.1 Å². The molecule has 11 nitrogen and oxygen atoms in total. The van der Waals surface area contributed by atoms with Crippen molar-refractivity contribution in [1.82, 2.24) is 25.9 Å². The highest BCUT2D eigenvalue weighted by atomic mass is 16.4. The molecule has 2 aromatic rings. The lowest BCUT2D eigenvalue weighted by Crippen LogP contribution is -2.59. The molecule has 4 unspecified atom stereocenters. The zero-order valence-corrected chi connectivity index (χ0v) is 21.7. The minimum atomic E-state index is -1.20. The summed E-state index contributed by atoms with van der Waals surface area (Å²) in [7, 11) is 0. The summed E-state index contributed by atoms with van der Waals surface area (Å²) in [5.74, 6) is -2.99. The molecule has 0 aliphatic carbocycles. The maximum Gasteiger partial charge on any atom is 0.326 e. The van der Waals surface area contributed by atoms with Gasteiger partial charge in [0.1, 0.15) is 18.1 Å². The zero-order chi connectivity index (χ0) is 27.5. The Morgan fingerprint density at radius 1 is 0.919 bits per heavy atom. The number of hydrogen-bond acceptors (Lipinski definition) is 6. The van der Waals surface area contributed by atoms with Gasteiger partial charge in [0.25, 0.3) is 0 Å². The Labute approximate surface area is 217 Å². The summed E-state index contributed by atoms with van der Waals surface area (Å²) < 4.78 is 0. The Bertz CT molecular complexity index is 1030. The molecule has 3 amide bonds. The number of imidazole rings is 1. The third-order valence-corrected chi connectivity index (χ3v) is 5.82. The lowest BCUT2D eigenvalue weighted by molar-refractivity contribution is -0.142. The fraction of sp³-hybridized carbons (Fsp3) is 0.500. The molecule has 0 saturated carbocycles. The van der Waals surface area contributed by atoms with E-state index < -0.39 is 47.9 Å². The van der Waals surface area contributed by atoms with Crippen molar-refractivity contribution in [3.8, 4) is 0 Å². The van der Waals surface area contributed by atoms with Crippen LogP contribution in [0.4, 0.5) is 0 Å². The summed E-state index contributed by atoms with van der Waals surface area (Å²) in [6.45, 7) is 7.42. The fourth-order valence-corrected chi connectivity index (χ4v) is 3.82. The summed E-state index contributed by atoms with van der Waals surface area (Å²) in [5.41, 5.74) is 7.29. The molecule has 1 heterocycles. The third kappa shape index (κ3) is 9.68. The monoisotopic (exact) mass is 514 g/mol. The minimum Gasteiger partial charge on any atom is -0.480 e. The number of carbonyl (C=O) groups is 4. The van der Waals surface area contributed by atoms with Gasteiger partial charge in [-0.05, 0) is 23.8 Å². The van der Waals surface area contributed by atoms with Gasteiger partial charge in [0.15, 0.2) is 0 Å². The van der Waals surface area contributed by atoms with Gasteiger partial charge in [-0.2, -0.15) is 0 Å². The van der Waals surface area contributed by atoms with Crippen LogP contribution < -0.4 is 21.7 Å². The standard InChI is InChI=1S/C26H38N6O5/c1-15(2)10-19(27)23(33)32-22(16(3)4)25(35)30-20(12-18-13-28-14-29-18)24(34)31-21(26(36)37)11-17-8-6-5-7-9-17/h5-9,13-16,19-22H,10-12,27H2,1-4H3,(H,28,29)(H,30,35)(H,31,34)(H,32,33)(H,36,37). The summed E-state index contributed by atoms with van der Waals surface area (Å²) in [6.07, 6.45) is 3.53. The Balaban J connectivity index is 2.18. The number of rotatable bonds is 14. The van der Waals surface area contributed by atoms with Crippen LogP contribution in [0.5, 0.6) is 0 Å². The topological polar surface area (TPSA) is 179 Å². The quantitative estimate of drug-likeness (QED) is 0.215. The van der Waals surface area contributed by atoms with Crippen LogP contribution in [-0.2, 0) is 32.0 Å². The van der Waals surface area contributed by atoms with Gasteiger partial charge in [0.05, 0.1) is 12.4 Å². The molecule has 0 aliphatic rings. The molecular formula is C26H38N6O5. The SMILES string of the molecule is CC(C)CC(N)C(=O)NC(C(=O)NC(Cc1cnc[nH]1)C(=O)NC(Cc1ccccc1)C(=O)O)C(C)C. The first-order valence-corrected chi connectivity index (χ1v) is 12.4. The van der Waals surface area contributed by atoms with E-state index in [2.05, 4.69) is 25.9 Å². The molecule has 11 heteroatoms. The number of carboxylic acids is 1. The number of aromatic nitrogens is 2. The molecule has 0 saturated heterocycles. The number of carbonyl (C=O) groups excluding carboxylic acids is 3. The van der Waals surface area contributed by atoms with Crippen LogP contribution in [0.1, 0.15) is 45.4 Å². The van der Waals surface area contributed by atoms with Gasteiger partial charge in [-0.25, -0.2) is 9.78 Å². The van der Waals surface area contributed by atoms with Crippen LogP contribution in [-0.4, -0.2) is 62.9 Å². The number of aromatic amines is 1. The van der Waals surface area contributed by atoms with Gasteiger partial charge in [0, 0.05) is 24.7 Å². The highest BCUT2D eigenvalue weighted by Gasteiger charge is 2.32. The van der Waals surface area contributed by atoms with Crippen LogP contribution >= 0.6 is 0 Å². The van der Waals surface area contributed by atoms with Crippen LogP contribution in [0, 0.1) is 11.8 Å². The zero-order valence-electron chi connectivity index (χ0n) is 21.7. The smallest absolute Gasteiger partial charge is 0.326 e. The van der Waals surface area contributed by atoms with E-state index in [1.54, 1.807) is 38.1 Å². The normalized spacial score (nSPS) is 14.5. The molecule has 0 bridgehead atoms. The lowest BCUT2D eigenvalue weighted by Gasteiger charge is -2.27. The van der Waals surface area contributed by atoms with Crippen molar-refractivity contribution in [1.29, 1.82) is 0 Å². The number of hydrogen-bond donors (Lipinski definition) is 6.